The number of carbonyl (C=O) groups is 2. The summed E-state index contributed by atoms with van der Waals surface area (Å²) in [5.41, 5.74) is -0.0253. The molecule has 0 atom stereocenters. The Hall–Kier alpha value is -1.29. The monoisotopic (exact) mass is 433 g/mol. The lowest BCUT2D eigenvalue weighted by atomic mass is 10.2. The Bertz CT molecular complexity index is 540. The van der Waals surface area contributed by atoms with Gasteiger partial charge in [0.25, 0.3) is 5.91 Å². The quantitative estimate of drug-likeness (QED) is 0.747. The number of alkyl halides is 3. The fourth-order valence-electron chi connectivity index (χ4n) is 1.21. The average Bonchev–Trinajstić information content (AvgIpc) is 2.34. The van der Waals surface area contributed by atoms with E-state index in [9.17, 15) is 22.8 Å². The summed E-state index contributed by atoms with van der Waals surface area (Å²) in [6.45, 7) is -2.09. The molecule has 1 aromatic rings. The highest BCUT2D eigenvalue weighted by Gasteiger charge is 2.27. The van der Waals surface area contributed by atoms with E-state index in [0.717, 1.165) is 0 Å². The number of hydrogen-bond acceptors (Lipinski definition) is 3. The van der Waals surface area contributed by atoms with Crippen LogP contribution >= 0.6 is 31.9 Å². The van der Waals surface area contributed by atoms with Crippen LogP contribution in [0.3, 0.4) is 0 Å². The third kappa shape index (κ3) is 5.92. The number of amides is 1. The second-order valence-electron chi connectivity index (χ2n) is 3.75. The molecule has 21 heavy (non-hydrogen) atoms. The fourth-order valence-corrected chi connectivity index (χ4v) is 2.62. The van der Waals surface area contributed by atoms with Crippen molar-refractivity contribution in [3.63, 3.8) is 0 Å². The number of hydrogen-bond donors (Lipinski definition) is 2. The van der Waals surface area contributed by atoms with Gasteiger partial charge in [-0.15, -0.1) is 0 Å². The first-order valence-electron chi connectivity index (χ1n) is 5.28. The van der Waals surface area contributed by atoms with E-state index in [1.165, 1.54) is 12.1 Å². The highest BCUT2D eigenvalue weighted by molar-refractivity contribution is 9.11. The maximum absolute atomic E-state index is 11.9. The first-order valence-corrected chi connectivity index (χ1v) is 6.87. The summed E-state index contributed by atoms with van der Waals surface area (Å²) in [7, 11) is 0. The van der Waals surface area contributed by atoms with E-state index in [2.05, 4.69) is 31.9 Å². The number of halogens is 5. The molecule has 2 N–H and O–H groups in total. The zero-order valence-corrected chi connectivity index (χ0v) is 13.3. The lowest BCUT2D eigenvalue weighted by Crippen LogP contribution is -2.36. The highest BCUT2D eigenvalue weighted by Crippen LogP contribution is 2.34. The first-order chi connectivity index (χ1) is 9.60. The molecule has 0 radical (unpaired) electrons. The van der Waals surface area contributed by atoms with Crippen LogP contribution in [0.5, 0.6) is 5.75 Å². The second kappa shape index (κ2) is 7.12. The first kappa shape index (κ1) is 17.8. The molecule has 10 heteroatoms. The molecule has 0 spiro atoms. The number of carbonyl (C=O) groups excluding carboxylic acids is 1. The molecule has 1 rings (SSSR count). The maximum atomic E-state index is 11.9. The van der Waals surface area contributed by atoms with Crippen molar-refractivity contribution >= 4 is 43.7 Å². The third-order valence-electron chi connectivity index (χ3n) is 2.08. The number of ether oxygens (including phenoxy) is 1. The number of carboxylic acid groups (broad SMARTS) is 1. The minimum atomic E-state index is -4.50. The minimum Gasteiger partial charge on any atom is -0.481 e. The van der Waals surface area contributed by atoms with Crippen molar-refractivity contribution in [2.24, 2.45) is 0 Å². The molecule has 0 bridgehead atoms. The lowest BCUT2D eigenvalue weighted by Gasteiger charge is -2.12. The minimum absolute atomic E-state index is 0.0253. The molecular formula is C11H8Br2F3NO4. The van der Waals surface area contributed by atoms with Gasteiger partial charge in [0, 0.05) is 0 Å². The van der Waals surface area contributed by atoms with E-state index in [1.807, 2.05) is 0 Å². The van der Waals surface area contributed by atoms with Gasteiger partial charge in [0.05, 0.1) is 14.5 Å². The van der Waals surface area contributed by atoms with Crippen LogP contribution in [0.4, 0.5) is 13.2 Å². The Morgan fingerprint density at radius 1 is 1.24 bits per heavy atom. The summed E-state index contributed by atoms with van der Waals surface area (Å²) in [6.07, 6.45) is -4.50. The Balaban J connectivity index is 2.68. The fraction of sp³-hybridized carbons (Fsp3) is 0.273. The molecule has 0 fully saturated rings. The molecule has 5 nitrogen and oxygen atoms in total. The van der Waals surface area contributed by atoms with Crippen LogP contribution in [0.1, 0.15) is 10.4 Å². The van der Waals surface area contributed by atoms with Crippen molar-refractivity contribution in [3.05, 3.63) is 26.6 Å². The van der Waals surface area contributed by atoms with Crippen LogP contribution in [0, 0.1) is 0 Å². The Morgan fingerprint density at radius 3 is 2.19 bits per heavy atom. The van der Waals surface area contributed by atoms with E-state index in [4.69, 9.17) is 9.84 Å². The van der Waals surface area contributed by atoms with Crippen LogP contribution in [0.15, 0.2) is 21.1 Å². The molecule has 1 aromatic carbocycles. The van der Waals surface area contributed by atoms with Crippen molar-refractivity contribution in [1.29, 1.82) is 0 Å². The Kier molecular flexibility index (Phi) is 6.02. The van der Waals surface area contributed by atoms with Gasteiger partial charge in [0.15, 0.2) is 6.61 Å². The Labute approximate surface area is 133 Å². The summed E-state index contributed by atoms with van der Waals surface area (Å²) in [4.78, 5) is 22.0. The summed E-state index contributed by atoms with van der Waals surface area (Å²) >= 11 is 6.11. The van der Waals surface area contributed by atoms with Gasteiger partial charge in [-0.2, -0.15) is 13.2 Å². The smallest absolute Gasteiger partial charge is 0.405 e. The molecule has 0 unspecified atom stereocenters. The number of nitrogens with one attached hydrogen (secondary N) is 1. The zero-order chi connectivity index (χ0) is 16.2. The summed E-state index contributed by atoms with van der Waals surface area (Å²) < 4.78 is 41.3. The van der Waals surface area contributed by atoms with Crippen molar-refractivity contribution in [2.75, 3.05) is 13.2 Å². The van der Waals surface area contributed by atoms with E-state index in [0.29, 0.717) is 0 Å². The maximum Gasteiger partial charge on any atom is 0.405 e. The highest BCUT2D eigenvalue weighted by atomic mass is 79.9. The van der Waals surface area contributed by atoms with Gasteiger partial charge in [0.2, 0.25) is 0 Å². The van der Waals surface area contributed by atoms with Gasteiger partial charge in [-0.05, 0) is 44.0 Å². The molecule has 0 saturated carbocycles. The van der Waals surface area contributed by atoms with E-state index >= 15 is 0 Å². The van der Waals surface area contributed by atoms with Crippen LogP contribution in [0.2, 0.25) is 0 Å². The van der Waals surface area contributed by atoms with Gasteiger partial charge in [0.1, 0.15) is 12.3 Å². The number of benzene rings is 1. The SMILES string of the molecule is O=C(COc1c(Br)cc(C(=O)O)cc1Br)NCC(F)(F)F. The average molecular weight is 435 g/mol. The predicted octanol–water partition coefficient (Wildman–Crippen LogP) is 2.97. The summed E-state index contributed by atoms with van der Waals surface area (Å²) in [5.74, 6) is -2.00. The molecular weight excluding hydrogens is 427 g/mol. The van der Waals surface area contributed by atoms with Crippen LogP contribution in [0.25, 0.3) is 0 Å². The molecule has 0 aliphatic rings. The van der Waals surface area contributed by atoms with Crippen molar-refractivity contribution < 1.29 is 32.6 Å². The number of carboxylic acids is 1. The second-order valence-corrected chi connectivity index (χ2v) is 5.46. The number of aromatic carboxylic acids is 1. The van der Waals surface area contributed by atoms with E-state index < -0.39 is 31.2 Å². The summed E-state index contributed by atoms with van der Waals surface area (Å²) in [5, 5.41) is 10.5. The van der Waals surface area contributed by atoms with Crippen molar-refractivity contribution in [1.82, 2.24) is 5.32 Å². The molecule has 0 aliphatic heterocycles. The van der Waals surface area contributed by atoms with Gasteiger partial charge in [-0.3, -0.25) is 4.79 Å². The molecule has 0 aliphatic carbocycles. The van der Waals surface area contributed by atoms with Gasteiger partial charge in [-0.1, -0.05) is 0 Å². The van der Waals surface area contributed by atoms with Gasteiger partial charge >= 0.3 is 12.1 Å². The number of rotatable bonds is 5. The van der Waals surface area contributed by atoms with E-state index in [-0.39, 0.29) is 20.3 Å². The topological polar surface area (TPSA) is 75.6 Å². The normalized spacial score (nSPS) is 11.1. The molecule has 116 valence electrons. The summed E-state index contributed by atoms with van der Waals surface area (Å²) in [6, 6.07) is 2.49. The van der Waals surface area contributed by atoms with Crippen molar-refractivity contribution in [2.45, 2.75) is 6.18 Å². The largest absolute Gasteiger partial charge is 0.481 e. The third-order valence-corrected chi connectivity index (χ3v) is 3.26. The Morgan fingerprint density at radius 2 is 1.76 bits per heavy atom. The van der Waals surface area contributed by atoms with Gasteiger partial charge in [-0.25, -0.2) is 4.79 Å². The molecule has 0 heterocycles. The van der Waals surface area contributed by atoms with Gasteiger partial charge < -0.3 is 15.2 Å². The van der Waals surface area contributed by atoms with Crippen LogP contribution < -0.4 is 10.1 Å². The predicted molar refractivity (Wildman–Crippen MR) is 73.4 cm³/mol. The molecule has 1 amide bonds. The van der Waals surface area contributed by atoms with Crippen LogP contribution in [-0.4, -0.2) is 36.3 Å². The lowest BCUT2D eigenvalue weighted by molar-refractivity contribution is -0.139. The van der Waals surface area contributed by atoms with Crippen molar-refractivity contribution in [3.8, 4) is 5.75 Å². The molecule has 0 saturated heterocycles. The van der Waals surface area contributed by atoms with E-state index in [1.54, 1.807) is 5.32 Å². The zero-order valence-electron chi connectivity index (χ0n) is 10.1. The standard InChI is InChI=1S/C11H8Br2F3NO4/c12-6-1-5(10(19)20)2-7(13)9(6)21-3-8(18)17-4-11(14,15)16/h1-2H,3-4H2,(H,17,18)(H,19,20). The molecule has 0 aromatic heterocycles. The van der Waals surface area contributed by atoms with Crippen LogP contribution in [-0.2, 0) is 4.79 Å².